The highest BCUT2D eigenvalue weighted by Crippen LogP contribution is 2.32. The van der Waals surface area contributed by atoms with Crippen molar-refractivity contribution in [3.8, 4) is 11.3 Å². The molecule has 2 rings (SSSR count). The van der Waals surface area contributed by atoms with Crippen molar-refractivity contribution in [2.45, 2.75) is 53.2 Å². The normalized spacial score (nSPS) is 11.8. The van der Waals surface area contributed by atoms with E-state index in [1.165, 1.54) is 0 Å². The molecule has 0 fully saturated rings. The van der Waals surface area contributed by atoms with Crippen LogP contribution in [0.25, 0.3) is 11.3 Å². The summed E-state index contributed by atoms with van der Waals surface area (Å²) in [6, 6.07) is 4.66. The summed E-state index contributed by atoms with van der Waals surface area (Å²) >= 11 is 6.26. The van der Waals surface area contributed by atoms with Crippen molar-refractivity contribution in [3.05, 3.63) is 39.5 Å². The van der Waals surface area contributed by atoms with E-state index in [1.807, 2.05) is 19.9 Å². The van der Waals surface area contributed by atoms with Crippen molar-refractivity contribution < 1.29 is 14.6 Å². The molecule has 2 aromatic rings. The van der Waals surface area contributed by atoms with Crippen LogP contribution < -0.4 is 0 Å². The fourth-order valence-corrected chi connectivity index (χ4v) is 3.76. The van der Waals surface area contributed by atoms with Gasteiger partial charge in [0.2, 0.25) is 0 Å². The first kappa shape index (κ1) is 20.7. The number of carboxylic acid groups (broad SMARTS) is 1. The Morgan fingerprint density at radius 1 is 1.23 bits per heavy atom. The van der Waals surface area contributed by atoms with Crippen molar-refractivity contribution in [1.82, 2.24) is 9.78 Å². The third kappa shape index (κ3) is 4.75. The molecule has 0 amide bonds. The molecular formula is C19H27ClN2O3Si. The summed E-state index contributed by atoms with van der Waals surface area (Å²) < 4.78 is 7.56. The van der Waals surface area contributed by atoms with E-state index in [1.54, 1.807) is 17.7 Å². The van der Waals surface area contributed by atoms with Gasteiger partial charge in [0.1, 0.15) is 6.73 Å². The maximum absolute atomic E-state index is 11.5. The van der Waals surface area contributed by atoms with Gasteiger partial charge in [-0.3, -0.25) is 0 Å². The number of benzene rings is 1. The number of carboxylic acids is 1. The molecule has 1 aromatic heterocycles. The first-order chi connectivity index (χ1) is 12.0. The highest BCUT2D eigenvalue weighted by atomic mass is 35.5. The highest BCUT2D eigenvalue weighted by molar-refractivity contribution is 6.76. The summed E-state index contributed by atoms with van der Waals surface area (Å²) in [5, 5.41) is 14.2. The van der Waals surface area contributed by atoms with Crippen molar-refractivity contribution in [3.63, 3.8) is 0 Å². The molecular weight excluding hydrogens is 368 g/mol. The highest BCUT2D eigenvalue weighted by Gasteiger charge is 2.20. The predicted octanol–water partition coefficient (Wildman–Crippen LogP) is 5.14. The van der Waals surface area contributed by atoms with E-state index in [2.05, 4.69) is 24.7 Å². The number of aryl methyl sites for hydroxylation is 2. The molecule has 0 saturated heterocycles. The molecule has 0 aliphatic rings. The topological polar surface area (TPSA) is 64.4 Å². The Bertz CT molecular complexity index is 825. The lowest BCUT2D eigenvalue weighted by atomic mass is 9.96. The lowest BCUT2D eigenvalue weighted by Crippen LogP contribution is -2.22. The van der Waals surface area contributed by atoms with Gasteiger partial charge < -0.3 is 9.84 Å². The smallest absolute Gasteiger partial charge is 0.335 e. The molecule has 0 bridgehead atoms. The molecule has 1 N–H and O–H groups in total. The molecule has 0 atom stereocenters. The van der Waals surface area contributed by atoms with E-state index in [0.717, 1.165) is 34.0 Å². The second-order valence-electron chi connectivity index (χ2n) is 7.90. The third-order valence-electron chi connectivity index (χ3n) is 4.40. The molecule has 0 saturated carbocycles. The lowest BCUT2D eigenvalue weighted by molar-refractivity contribution is 0.0696. The van der Waals surface area contributed by atoms with E-state index in [9.17, 15) is 9.90 Å². The summed E-state index contributed by atoms with van der Waals surface area (Å²) in [5.41, 5.74) is 4.45. The third-order valence-corrected chi connectivity index (χ3v) is 6.46. The molecule has 0 radical (unpaired) electrons. The molecule has 26 heavy (non-hydrogen) atoms. The quantitative estimate of drug-likeness (QED) is 0.521. The van der Waals surface area contributed by atoms with E-state index in [0.29, 0.717) is 18.5 Å². The average Bonchev–Trinajstić information content (AvgIpc) is 2.78. The summed E-state index contributed by atoms with van der Waals surface area (Å²) in [6.07, 6.45) is 0. The van der Waals surface area contributed by atoms with E-state index in [4.69, 9.17) is 16.3 Å². The molecule has 0 unspecified atom stereocenters. The molecule has 1 aromatic carbocycles. The summed E-state index contributed by atoms with van der Waals surface area (Å²) in [7, 11) is -1.16. The molecule has 0 spiro atoms. The second kappa shape index (κ2) is 7.94. The van der Waals surface area contributed by atoms with Gasteiger partial charge in [-0.25, -0.2) is 9.48 Å². The first-order valence-corrected chi connectivity index (χ1v) is 12.8. The van der Waals surface area contributed by atoms with Crippen LogP contribution in [0.5, 0.6) is 0 Å². The number of rotatable bonds is 7. The van der Waals surface area contributed by atoms with E-state index >= 15 is 0 Å². The molecule has 7 heteroatoms. The van der Waals surface area contributed by atoms with Crippen LogP contribution in [0.3, 0.4) is 0 Å². The zero-order valence-corrected chi connectivity index (χ0v) is 18.1. The van der Waals surface area contributed by atoms with Crippen molar-refractivity contribution in [2.75, 3.05) is 6.61 Å². The SMILES string of the molecule is Cc1cc(C)c(-c2c(C)c(Cl)nn2COCC[Si](C)(C)C)cc1C(=O)O. The predicted molar refractivity (Wildman–Crippen MR) is 108 cm³/mol. The maximum atomic E-state index is 11.5. The minimum atomic E-state index is -1.16. The Balaban J connectivity index is 2.38. The van der Waals surface area contributed by atoms with Gasteiger partial charge in [-0.15, -0.1) is 0 Å². The Morgan fingerprint density at radius 2 is 1.88 bits per heavy atom. The van der Waals surface area contributed by atoms with E-state index < -0.39 is 14.0 Å². The van der Waals surface area contributed by atoms with Crippen molar-refractivity contribution in [1.29, 1.82) is 0 Å². The average molecular weight is 395 g/mol. The van der Waals surface area contributed by atoms with Gasteiger partial charge in [0, 0.05) is 25.8 Å². The number of carbonyl (C=O) groups is 1. The van der Waals surface area contributed by atoms with E-state index in [-0.39, 0.29) is 5.56 Å². The fraction of sp³-hybridized carbons (Fsp3) is 0.474. The number of aromatic carboxylic acids is 1. The standard InChI is InChI=1S/C19H27ClN2O3Si/c1-12-9-13(2)16(19(23)24)10-15(12)17-14(3)18(20)21-22(17)11-25-7-8-26(4,5)6/h9-10H,7-8,11H2,1-6H3,(H,23,24). The number of nitrogens with zero attached hydrogens (tertiary/aromatic N) is 2. The Labute approximate surface area is 160 Å². The monoisotopic (exact) mass is 394 g/mol. The van der Waals surface area contributed by atoms with Crippen LogP contribution in [-0.2, 0) is 11.5 Å². The Morgan fingerprint density at radius 3 is 2.46 bits per heavy atom. The van der Waals surface area contributed by atoms with Crippen molar-refractivity contribution in [2.24, 2.45) is 0 Å². The number of aromatic nitrogens is 2. The van der Waals surface area contributed by atoms with Crippen LogP contribution in [0.15, 0.2) is 12.1 Å². The first-order valence-electron chi connectivity index (χ1n) is 8.67. The van der Waals surface area contributed by atoms with Crippen LogP contribution in [0.2, 0.25) is 30.8 Å². The van der Waals surface area contributed by atoms with Gasteiger partial charge in [0.15, 0.2) is 5.15 Å². The van der Waals surface area contributed by atoms with Crippen molar-refractivity contribution >= 4 is 25.6 Å². The van der Waals surface area contributed by atoms with Gasteiger partial charge in [-0.2, -0.15) is 5.10 Å². The van der Waals surface area contributed by atoms with Gasteiger partial charge in [0.25, 0.3) is 0 Å². The van der Waals surface area contributed by atoms with Gasteiger partial charge in [0.05, 0.1) is 11.3 Å². The van der Waals surface area contributed by atoms with Gasteiger partial charge in [-0.1, -0.05) is 37.3 Å². The number of ether oxygens (including phenoxy) is 1. The van der Waals surface area contributed by atoms with Crippen LogP contribution >= 0.6 is 11.6 Å². The molecule has 142 valence electrons. The lowest BCUT2D eigenvalue weighted by Gasteiger charge is -2.17. The molecule has 0 aliphatic heterocycles. The fourth-order valence-electron chi connectivity index (χ4n) is 2.82. The Kier molecular flexibility index (Phi) is 6.32. The molecule has 1 heterocycles. The van der Waals surface area contributed by atoms with Crippen LogP contribution in [-0.4, -0.2) is 35.5 Å². The maximum Gasteiger partial charge on any atom is 0.335 e. The number of hydrogen-bond donors (Lipinski definition) is 1. The van der Waals surface area contributed by atoms with Crippen LogP contribution in [0, 0.1) is 20.8 Å². The largest absolute Gasteiger partial charge is 0.478 e. The molecule has 5 nitrogen and oxygen atoms in total. The number of hydrogen-bond acceptors (Lipinski definition) is 3. The molecule has 0 aliphatic carbocycles. The zero-order valence-electron chi connectivity index (χ0n) is 16.3. The minimum absolute atomic E-state index is 0.286. The van der Waals surface area contributed by atoms with Crippen LogP contribution in [0.1, 0.15) is 27.0 Å². The Hall–Kier alpha value is -1.63. The number of halogens is 1. The van der Waals surface area contributed by atoms with Gasteiger partial charge >= 0.3 is 5.97 Å². The minimum Gasteiger partial charge on any atom is -0.478 e. The second-order valence-corrected chi connectivity index (χ2v) is 13.9. The summed E-state index contributed by atoms with van der Waals surface area (Å²) in [6.45, 7) is 13.5. The van der Waals surface area contributed by atoms with Gasteiger partial charge in [-0.05, 0) is 44.0 Å². The zero-order chi connectivity index (χ0) is 19.6. The summed E-state index contributed by atoms with van der Waals surface area (Å²) in [4.78, 5) is 11.5. The van der Waals surface area contributed by atoms with Crippen LogP contribution in [0.4, 0.5) is 0 Å². The summed E-state index contributed by atoms with van der Waals surface area (Å²) in [5.74, 6) is -0.940.